The Balaban J connectivity index is 2.88. The number of rotatable bonds is 13. The first-order chi connectivity index (χ1) is 14.2. The number of unbranched alkanes of at least 4 members (excludes halogenated alkanes) is 4. The van der Waals surface area contributed by atoms with Gasteiger partial charge < -0.3 is 14.6 Å². The molecule has 1 N–H and O–H groups in total. The zero-order valence-corrected chi connectivity index (χ0v) is 18.8. The summed E-state index contributed by atoms with van der Waals surface area (Å²) < 4.78 is 9.94. The molecule has 1 rings (SSSR count). The fourth-order valence-electron chi connectivity index (χ4n) is 3.38. The molecule has 7 heteroatoms. The molecule has 1 aliphatic rings. The van der Waals surface area contributed by atoms with Crippen LogP contribution in [0.15, 0.2) is 35.4 Å². The number of halogens is 1. The molecule has 0 bridgehead atoms. The molecule has 6 nitrogen and oxygen atoms in total. The molecule has 0 aliphatic heterocycles. The van der Waals surface area contributed by atoms with Crippen LogP contribution in [0.2, 0.25) is 0 Å². The summed E-state index contributed by atoms with van der Waals surface area (Å²) in [6, 6.07) is 0. The number of methoxy groups -OCH3 is 1. The summed E-state index contributed by atoms with van der Waals surface area (Å²) in [5, 5.41) is 11.1. The molecule has 0 spiro atoms. The quantitative estimate of drug-likeness (QED) is 0.259. The minimum absolute atomic E-state index is 0.0573. The Morgan fingerprint density at radius 1 is 1.23 bits per heavy atom. The van der Waals surface area contributed by atoms with E-state index in [4.69, 9.17) is 16.3 Å². The summed E-state index contributed by atoms with van der Waals surface area (Å²) in [7, 11) is 1.33. The molecule has 0 saturated carbocycles. The smallest absolute Gasteiger partial charge is 0.305 e. The Morgan fingerprint density at radius 2 is 1.93 bits per heavy atom. The van der Waals surface area contributed by atoms with E-state index in [1.165, 1.54) is 20.1 Å². The molecule has 0 radical (unpaired) electrons. The number of aliphatic hydroxyl groups is 1. The van der Waals surface area contributed by atoms with E-state index in [9.17, 15) is 19.5 Å². The third kappa shape index (κ3) is 8.44. The van der Waals surface area contributed by atoms with Crippen molar-refractivity contribution in [2.75, 3.05) is 7.11 Å². The van der Waals surface area contributed by atoms with Gasteiger partial charge in [0, 0.05) is 13.3 Å². The monoisotopic (exact) mass is 440 g/mol. The molecular weight excluding hydrogens is 408 g/mol. The molecule has 168 valence electrons. The average molecular weight is 441 g/mol. The van der Waals surface area contributed by atoms with E-state index >= 15 is 0 Å². The van der Waals surface area contributed by atoms with Gasteiger partial charge >= 0.3 is 11.9 Å². The highest BCUT2D eigenvalue weighted by Crippen LogP contribution is 2.39. The van der Waals surface area contributed by atoms with Crippen molar-refractivity contribution in [2.45, 2.75) is 76.9 Å². The van der Waals surface area contributed by atoms with Gasteiger partial charge in [-0.2, -0.15) is 0 Å². The predicted octanol–water partition coefficient (Wildman–Crippen LogP) is 4.40. The lowest BCUT2D eigenvalue weighted by Crippen LogP contribution is -2.44. The standard InChI is InChI=1S/C23H33ClO6/c1-4-5-6-7-8-12-15-23(28)16-18(24)22(27)21(23)19(30-17(2)25)13-10-9-11-14-20(26)29-3/h8,10,12-13,16,19,21,28H,4-7,9,11,14-15H2,1-3H3/b12-8-,13-10-/t19-,21?,23+/m0/s1. The topological polar surface area (TPSA) is 89.9 Å². The molecule has 0 heterocycles. The second kappa shape index (κ2) is 13.4. The predicted molar refractivity (Wildman–Crippen MR) is 116 cm³/mol. The van der Waals surface area contributed by atoms with Crippen molar-refractivity contribution in [3.05, 3.63) is 35.4 Å². The summed E-state index contributed by atoms with van der Waals surface area (Å²) in [5.74, 6) is -2.34. The fourth-order valence-corrected chi connectivity index (χ4v) is 3.69. The molecule has 0 amide bonds. The van der Waals surface area contributed by atoms with Crippen molar-refractivity contribution in [2.24, 2.45) is 5.92 Å². The molecule has 3 atom stereocenters. The number of allylic oxidation sites excluding steroid dienone is 3. The Bertz CT molecular complexity index is 681. The largest absolute Gasteiger partial charge is 0.469 e. The van der Waals surface area contributed by atoms with Crippen LogP contribution >= 0.6 is 11.6 Å². The van der Waals surface area contributed by atoms with Crippen molar-refractivity contribution < 1.29 is 29.0 Å². The maximum Gasteiger partial charge on any atom is 0.305 e. The van der Waals surface area contributed by atoms with Gasteiger partial charge in [0.1, 0.15) is 11.7 Å². The minimum atomic E-state index is -1.54. The van der Waals surface area contributed by atoms with Gasteiger partial charge in [0.05, 0.1) is 18.1 Å². The Kier molecular flexibility index (Phi) is 11.7. The molecule has 0 aromatic carbocycles. The van der Waals surface area contributed by atoms with Crippen molar-refractivity contribution in [3.63, 3.8) is 0 Å². The zero-order chi connectivity index (χ0) is 22.6. The van der Waals surface area contributed by atoms with Crippen LogP contribution in [0.3, 0.4) is 0 Å². The van der Waals surface area contributed by atoms with Crippen LogP contribution in [0.1, 0.15) is 65.2 Å². The highest BCUT2D eigenvalue weighted by Gasteiger charge is 2.50. The number of Topliss-reactive ketones (excluding diaryl/α,β-unsaturated/α-hetero) is 1. The number of hydrogen-bond acceptors (Lipinski definition) is 6. The van der Waals surface area contributed by atoms with Crippen molar-refractivity contribution in [3.8, 4) is 0 Å². The molecular formula is C23H33ClO6. The van der Waals surface area contributed by atoms with Gasteiger partial charge in [0.15, 0.2) is 5.78 Å². The summed E-state index contributed by atoms with van der Waals surface area (Å²) in [6.07, 6.45) is 13.3. The lowest BCUT2D eigenvalue weighted by atomic mass is 9.82. The zero-order valence-electron chi connectivity index (χ0n) is 18.1. The lowest BCUT2D eigenvalue weighted by molar-refractivity contribution is -0.152. The van der Waals surface area contributed by atoms with Crippen LogP contribution in [-0.4, -0.2) is 41.6 Å². The van der Waals surface area contributed by atoms with Crippen LogP contribution in [0.4, 0.5) is 0 Å². The van der Waals surface area contributed by atoms with Crippen molar-refractivity contribution >= 4 is 29.3 Å². The Morgan fingerprint density at radius 3 is 2.57 bits per heavy atom. The van der Waals surface area contributed by atoms with Gasteiger partial charge in [0.2, 0.25) is 0 Å². The van der Waals surface area contributed by atoms with Crippen LogP contribution < -0.4 is 0 Å². The molecule has 1 unspecified atom stereocenters. The van der Waals surface area contributed by atoms with Crippen LogP contribution in [0.5, 0.6) is 0 Å². The van der Waals surface area contributed by atoms with Crippen molar-refractivity contribution in [1.82, 2.24) is 0 Å². The maximum absolute atomic E-state index is 12.7. The van der Waals surface area contributed by atoms with Gasteiger partial charge in [-0.25, -0.2) is 0 Å². The Hall–Kier alpha value is -1.92. The summed E-state index contributed by atoms with van der Waals surface area (Å²) in [4.78, 5) is 35.5. The second-order valence-corrected chi connectivity index (χ2v) is 7.87. The number of esters is 2. The first-order valence-electron chi connectivity index (χ1n) is 10.5. The van der Waals surface area contributed by atoms with E-state index in [1.807, 2.05) is 12.2 Å². The van der Waals surface area contributed by atoms with Crippen LogP contribution in [0.25, 0.3) is 0 Å². The Labute approximate surface area is 184 Å². The summed E-state index contributed by atoms with van der Waals surface area (Å²) >= 11 is 6.05. The van der Waals surface area contributed by atoms with E-state index in [2.05, 4.69) is 11.7 Å². The second-order valence-electron chi connectivity index (χ2n) is 7.47. The van der Waals surface area contributed by atoms with E-state index in [0.29, 0.717) is 12.8 Å². The lowest BCUT2D eigenvalue weighted by Gasteiger charge is -2.31. The molecule has 0 fully saturated rings. The highest BCUT2D eigenvalue weighted by molar-refractivity contribution is 6.44. The highest BCUT2D eigenvalue weighted by atomic mass is 35.5. The molecule has 1 aliphatic carbocycles. The van der Waals surface area contributed by atoms with Gasteiger partial charge in [-0.3, -0.25) is 14.4 Å². The molecule has 30 heavy (non-hydrogen) atoms. The summed E-state index contributed by atoms with van der Waals surface area (Å²) in [5.41, 5.74) is -1.54. The van der Waals surface area contributed by atoms with Crippen LogP contribution in [-0.2, 0) is 23.9 Å². The third-order valence-corrected chi connectivity index (χ3v) is 5.25. The third-order valence-electron chi connectivity index (χ3n) is 4.95. The van der Waals surface area contributed by atoms with Crippen molar-refractivity contribution in [1.29, 1.82) is 0 Å². The number of ether oxygens (including phenoxy) is 2. The molecule has 0 aromatic heterocycles. The fraction of sp³-hybridized carbons (Fsp3) is 0.609. The maximum atomic E-state index is 12.7. The van der Waals surface area contributed by atoms with E-state index in [-0.39, 0.29) is 23.8 Å². The van der Waals surface area contributed by atoms with Crippen LogP contribution in [0, 0.1) is 5.92 Å². The SMILES string of the molecule is CCCCC/C=C\C[C@@]1(O)C=C(Cl)C(=O)C1[C@H](/C=C\CCCC(=O)OC)OC(C)=O. The van der Waals surface area contributed by atoms with E-state index in [0.717, 1.165) is 25.7 Å². The summed E-state index contributed by atoms with van der Waals surface area (Å²) in [6.45, 7) is 3.38. The number of carbonyl (C=O) groups is 3. The van der Waals surface area contributed by atoms with Gasteiger partial charge in [-0.1, -0.05) is 49.6 Å². The van der Waals surface area contributed by atoms with Gasteiger partial charge in [0.25, 0.3) is 0 Å². The molecule has 0 aromatic rings. The number of hydrogen-bond donors (Lipinski definition) is 1. The average Bonchev–Trinajstić information content (AvgIpc) is 2.91. The van der Waals surface area contributed by atoms with E-state index < -0.39 is 29.4 Å². The van der Waals surface area contributed by atoms with Gasteiger partial charge in [-0.05, 0) is 44.3 Å². The molecule has 0 saturated heterocycles. The van der Waals surface area contributed by atoms with E-state index in [1.54, 1.807) is 12.2 Å². The number of ketones is 1. The number of carbonyl (C=O) groups excluding carboxylic acids is 3. The first-order valence-corrected chi connectivity index (χ1v) is 10.8. The normalized spacial score (nSPS) is 22.5. The first kappa shape index (κ1) is 26.1. The van der Waals surface area contributed by atoms with Gasteiger partial charge in [-0.15, -0.1) is 0 Å². The minimum Gasteiger partial charge on any atom is -0.469 e.